The zero-order chi connectivity index (χ0) is 26.5. The Labute approximate surface area is 228 Å². The normalized spacial score (nSPS) is 28.4. The third kappa shape index (κ3) is 4.86. The van der Waals surface area contributed by atoms with Crippen molar-refractivity contribution in [3.63, 3.8) is 0 Å². The number of rotatable bonds is 6. The van der Waals surface area contributed by atoms with Crippen LogP contribution in [0, 0.1) is 22.7 Å². The number of nitrogens with one attached hydrogen (secondary N) is 2. The second kappa shape index (κ2) is 9.44. The lowest BCUT2D eigenvalue weighted by Gasteiger charge is -2.33. The second-order valence-electron chi connectivity index (χ2n) is 12.4. The first kappa shape index (κ1) is 25.5. The Morgan fingerprint density at radius 3 is 2.55 bits per heavy atom. The van der Waals surface area contributed by atoms with E-state index in [0.29, 0.717) is 18.0 Å². The van der Waals surface area contributed by atoms with Gasteiger partial charge >= 0.3 is 6.09 Å². The zero-order valence-electron chi connectivity index (χ0n) is 21.6. The standard InChI is InChI=1S/C29H35ClN4O4/c30-21-6-4-5-20(14-21)29(11-12-29)38-26(37)34-18-27(7-2-1-3-8-27)16-23(34)25(36)32-22(17-31)13-19-15-28(9-10-28)33-24(19)35/h4-6,14,19,22-23H,1-3,7-13,15-16,18H2,(H,32,36)(H,33,35)/t19-,22+,23+/m1/s1. The molecule has 3 atom stereocenters. The molecular formula is C29H35ClN4O4. The minimum absolute atomic E-state index is 0.0278. The molecule has 1 aromatic carbocycles. The summed E-state index contributed by atoms with van der Waals surface area (Å²) in [6.07, 6.45) is 9.80. The van der Waals surface area contributed by atoms with Crippen LogP contribution in [0.2, 0.25) is 5.02 Å². The number of nitriles is 1. The predicted octanol–water partition coefficient (Wildman–Crippen LogP) is 4.56. The summed E-state index contributed by atoms with van der Waals surface area (Å²) in [6.45, 7) is 0.486. The maximum Gasteiger partial charge on any atom is 0.411 e. The van der Waals surface area contributed by atoms with Crippen LogP contribution in [0.3, 0.4) is 0 Å². The van der Waals surface area contributed by atoms with Gasteiger partial charge in [0.1, 0.15) is 17.7 Å². The summed E-state index contributed by atoms with van der Waals surface area (Å²) in [6, 6.07) is 8.11. The molecule has 3 saturated carbocycles. The Morgan fingerprint density at radius 1 is 1.16 bits per heavy atom. The van der Waals surface area contributed by atoms with E-state index in [1.54, 1.807) is 11.0 Å². The topological polar surface area (TPSA) is 112 Å². The van der Waals surface area contributed by atoms with Gasteiger partial charge in [-0.2, -0.15) is 5.26 Å². The highest BCUT2D eigenvalue weighted by atomic mass is 35.5. The van der Waals surface area contributed by atoms with E-state index in [1.807, 2.05) is 18.2 Å². The molecule has 2 heterocycles. The van der Waals surface area contributed by atoms with Crippen molar-refractivity contribution in [2.24, 2.45) is 11.3 Å². The fourth-order valence-corrected chi connectivity index (χ4v) is 7.24. The van der Waals surface area contributed by atoms with Crippen LogP contribution >= 0.6 is 11.6 Å². The van der Waals surface area contributed by atoms with E-state index in [4.69, 9.17) is 16.3 Å². The highest BCUT2D eigenvalue weighted by molar-refractivity contribution is 6.30. The Kier molecular flexibility index (Phi) is 6.33. The third-order valence-electron chi connectivity index (χ3n) is 9.54. The Morgan fingerprint density at radius 2 is 1.92 bits per heavy atom. The van der Waals surface area contributed by atoms with E-state index in [-0.39, 0.29) is 35.1 Å². The molecule has 202 valence electrons. The average Bonchev–Trinajstić information content (AvgIpc) is 3.79. The largest absolute Gasteiger partial charge is 0.438 e. The van der Waals surface area contributed by atoms with Crippen molar-refractivity contribution in [1.82, 2.24) is 15.5 Å². The first-order valence-corrected chi connectivity index (χ1v) is 14.4. The van der Waals surface area contributed by atoms with Gasteiger partial charge in [0.15, 0.2) is 0 Å². The molecule has 0 unspecified atom stereocenters. The van der Waals surface area contributed by atoms with E-state index in [9.17, 15) is 19.6 Å². The molecule has 0 aromatic heterocycles. The molecule has 3 aliphatic carbocycles. The van der Waals surface area contributed by atoms with Gasteiger partial charge in [0.2, 0.25) is 11.8 Å². The molecule has 6 rings (SSSR count). The van der Waals surface area contributed by atoms with Crippen molar-refractivity contribution in [2.45, 2.75) is 100 Å². The summed E-state index contributed by atoms with van der Waals surface area (Å²) in [4.78, 5) is 41.3. The number of hydrogen-bond acceptors (Lipinski definition) is 5. The second-order valence-corrected chi connectivity index (χ2v) is 12.8. The third-order valence-corrected chi connectivity index (χ3v) is 9.77. The SMILES string of the molecule is N#C[C@H](C[C@@H]1CC2(CC2)NC1=O)NC(=O)[C@@H]1CC2(CCCCC2)CN1C(=O)OC1(c2cccc(Cl)c2)CC1. The molecule has 8 nitrogen and oxygen atoms in total. The maximum absolute atomic E-state index is 13.6. The van der Waals surface area contributed by atoms with Crippen molar-refractivity contribution < 1.29 is 19.1 Å². The van der Waals surface area contributed by atoms with Crippen molar-refractivity contribution >= 4 is 29.5 Å². The molecule has 5 fully saturated rings. The molecule has 2 saturated heterocycles. The quantitative estimate of drug-likeness (QED) is 0.551. The summed E-state index contributed by atoms with van der Waals surface area (Å²) < 4.78 is 6.10. The van der Waals surface area contributed by atoms with Crippen molar-refractivity contribution in [1.29, 1.82) is 5.26 Å². The van der Waals surface area contributed by atoms with Crippen molar-refractivity contribution in [2.75, 3.05) is 6.54 Å². The van der Waals surface area contributed by atoms with Crippen LogP contribution in [0.15, 0.2) is 24.3 Å². The molecule has 2 spiro atoms. The summed E-state index contributed by atoms with van der Waals surface area (Å²) in [5, 5.41) is 16.4. The number of carbonyl (C=O) groups excluding carboxylic acids is 3. The first-order valence-electron chi connectivity index (χ1n) is 14.0. The molecule has 3 amide bonds. The molecule has 5 aliphatic rings. The summed E-state index contributed by atoms with van der Waals surface area (Å²) in [5.74, 6) is -0.632. The fraction of sp³-hybridized carbons (Fsp3) is 0.655. The molecule has 38 heavy (non-hydrogen) atoms. The lowest BCUT2D eigenvalue weighted by molar-refractivity contribution is -0.127. The van der Waals surface area contributed by atoms with E-state index in [1.165, 1.54) is 6.42 Å². The number of hydrogen-bond donors (Lipinski definition) is 2. The molecular weight excluding hydrogens is 504 g/mol. The average molecular weight is 539 g/mol. The van der Waals surface area contributed by atoms with Crippen molar-refractivity contribution in [3.05, 3.63) is 34.9 Å². The minimum Gasteiger partial charge on any atom is -0.438 e. The van der Waals surface area contributed by atoms with Crippen LogP contribution < -0.4 is 10.6 Å². The van der Waals surface area contributed by atoms with Gasteiger partial charge in [-0.05, 0) is 80.9 Å². The molecule has 0 radical (unpaired) electrons. The van der Waals surface area contributed by atoms with Crippen LogP contribution in [-0.4, -0.2) is 47.0 Å². The molecule has 0 bridgehead atoms. The van der Waals surface area contributed by atoms with Gasteiger partial charge in [-0.3, -0.25) is 14.5 Å². The van der Waals surface area contributed by atoms with Crippen LogP contribution in [0.25, 0.3) is 0 Å². The van der Waals surface area contributed by atoms with Crippen molar-refractivity contribution in [3.8, 4) is 6.07 Å². The van der Waals surface area contributed by atoms with Gasteiger partial charge in [-0.25, -0.2) is 4.79 Å². The van der Waals surface area contributed by atoms with Gasteiger partial charge < -0.3 is 15.4 Å². The number of nitrogens with zero attached hydrogens (tertiary/aromatic N) is 2. The van der Waals surface area contributed by atoms with Crippen LogP contribution in [-0.2, 0) is 19.9 Å². The Bertz CT molecular complexity index is 1180. The van der Waals surface area contributed by atoms with Gasteiger partial charge in [0.05, 0.1) is 6.07 Å². The number of carbonyl (C=O) groups is 3. The lowest BCUT2D eigenvalue weighted by Crippen LogP contribution is -2.49. The van der Waals surface area contributed by atoms with Crippen LogP contribution in [0.5, 0.6) is 0 Å². The number of likely N-dealkylation sites (tertiary alicyclic amines) is 1. The Balaban J connectivity index is 1.17. The van der Waals surface area contributed by atoms with Gasteiger partial charge in [0.25, 0.3) is 0 Å². The number of halogens is 1. The lowest BCUT2D eigenvalue weighted by atomic mass is 9.72. The molecule has 2 N–H and O–H groups in total. The van der Waals surface area contributed by atoms with Crippen LogP contribution in [0.4, 0.5) is 4.79 Å². The number of ether oxygens (including phenoxy) is 1. The maximum atomic E-state index is 13.6. The van der Waals surface area contributed by atoms with E-state index < -0.39 is 23.8 Å². The predicted molar refractivity (Wildman–Crippen MR) is 140 cm³/mol. The van der Waals surface area contributed by atoms with Gasteiger partial charge in [0, 0.05) is 23.0 Å². The summed E-state index contributed by atoms with van der Waals surface area (Å²) in [5.41, 5.74) is -0.00127. The summed E-state index contributed by atoms with van der Waals surface area (Å²) in [7, 11) is 0. The van der Waals surface area contributed by atoms with Crippen LogP contribution in [0.1, 0.15) is 82.6 Å². The smallest absolute Gasteiger partial charge is 0.411 e. The Hall–Kier alpha value is -2.79. The fourth-order valence-electron chi connectivity index (χ4n) is 7.05. The summed E-state index contributed by atoms with van der Waals surface area (Å²) >= 11 is 6.20. The molecule has 9 heteroatoms. The number of benzene rings is 1. The number of amides is 3. The van der Waals surface area contributed by atoms with E-state index in [0.717, 1.165) is 63.4 Å². The highest BCUT2D eigenvalue weighted by Gasteiger charge is 2.55. The van der Waals surface area contributed by atoms with Gasteiger partial charge in [-0.15, -0.1) is 0 Å². The molecule has 1 aromatic rings. The van der Waals surface area contributed by atoms with Gasteiger partial charge in [-0.1, -0.05) is 43.0 Å². The van der Waals surface area contributed by atoms with E-state index in [2.05, 4.69) is 16.7 Å². The highest BCUT2D eigenvalue weighted by Crippen LogP contribution is 2.52. The zero-order valence-corrected chi connectivity index (χ0v) is 22.4. The minimum atomic E-state index is -0.783. The monoisotopic (exact) mass is 538 g/mol. The van der Waals surface area contributed by atoms with E-state index >= 15 is 0 Å². The first-order chi connectivity index (χ1) is 18.2. The molecule has 2 aliphatic heterocycles.